The zero-order chi connectivity index (χ0) is 15.5. The Hall–Kier alpha value is -3.21. The molecule has 0 aliphatic rings. The Labute approximate surface area is 126 Å². The second-order valence-electron chi connectivity index (χ2n) is 4.68. The molecule has 0 aliphatic carbocycles. The van der Waals surface area contributed by atoms with Crippen LogP contribution in [0.2, 0.25) is 0 Å². The molecule has 5 heteroatoms. The van der Waals surface area contributed by atoms with Gasteiger partial charge in [-0.15, -0.1) is 5.11 Å². The van der Waals surface area contributed by atoms with Gasteiger partial charge in [0, 0.05) is 5.39 Å². The van der Waals surface area contributed by atoms with Crippen LogP contribution in [0.3, 0.4) is 0 Å². The Bertz CT molecular complexity index is 874. The molecule has 0 radical (unpaired) electrons. The van der Waals surface area contributed by atoms with Crippen molar-refractivity contribution in [3.63, 3.8) is 0 Å². The van der Waals surface area contributed by atoms with Crippen molar-refractivity contribution in [3.05, 3.63) is 66.2 Å². The van der Waals surface area contributed by atoms with Crippen LogP contribution in [0.15, 0.2) is 70.9 Å². The highest BCUT2D eigenvalue weighted by Gasteiger charge is 2.17. The Morgan fingerprint density at radius 1 is 0.909 bits per heavy atom. The number of fused-ring (bicyclic) bond motifs is 1. The lowest BCUT2D eigenvalue weighted by atomic mass is 10.0. The Morgan fingerprint density at radius 2 is 1.59 bits per heavy atom. The van der Waals surface area contributed by atoms with E-state index in [9.17, 15) is 15.0 Å². The van der Waals surface area contributed by atoms with Crippen LogP contribution in [0.4, 0.5) is 11.4 Å². The van der Waals surface area contributed by atoms with Gasteiger partial charge in [0.05, 0.1) is 11.3 Å². The molecule has 108 valence electrons. The van der Waals surface area contributed by atoms with E-state index in [1.165, 1.54) is 6.07 Å². The summed E-state index contributed by atoms with van der Waals surface area (Å²) in [5, 5.41) is 28.8. The van der Waals surface area contributed by atoms with E-state index in [1.54, 1.807) is 48.5 Å². The summed E-state index contributed by atoms with van der Waals surface area (Å²) in [7, 11) is 0. The Kier molecular flexibility index (Phi) is 3.53. The van der Waals surface area contributed by atoms with Crippen molar-refractivity contribution < 1.29 is 15.0 Å². The highest BCUT2D eigenvalue weighted by atomic mass is 16.4. The minimum absolute atomic E-state index is 0.0462. The highest BCUT2D eigenvalue weighted by molar-refractivity contribution is 6.04. The lowest BCUT2D eigenvalue weighted by Crippen LogP contribution is -1.97. The molecule has 0 amide bonds. The zero-order valence-corrected chi connectivity index (χ0v) is 11.5. The molecule has 0 bridgehead atoms. The van der Waals surface area contributed by atoms with Crippen molar-refractivity contribution in [2.45, 2.75) is 0 Å². The maximum absolute atomic E-state index is 11.4. The van der Waals surface area contributed by atoms with Gasteiger partial charge in [0.1, 0.15) is 5.69 Å². The largest absolute Gasteiger partial charge is 0.505 e. The van der Waals surface area contributed by atoms with E-state index in [2.05, 4.69) is 10.2 Å². The predicted molar refractivity (Wildman–Crippen MR) is 83.2 cm³/mol. The lowest BCUT2D eigenvalue weighted by Gasteiger charge is -2.07. The first-order valence-corrected chi connectivity index (χ1v) is 6.61. The first-order chi connectivity index (χ1) is 10.7. The molecule has 3 aromatic carbocycles. The van der Waals surface area contributed by atoms with Crippen LogP contribution >= 0.6 is 0 Å². The molecule has 0 spiro atoms. The van der Waals surface area contributed by atoms with Gasteiger partial charge in [-0.25, -0.2) is 4.79 Å². The van der Waals surface area contributed by atoms with E-state index < -0.39 is 5.97 Å². The summed E-state index contributed by atoms with van der Waals surface area (Å²) < 4.78 is 0. The maximum atomic E-state index is 11.4. The fourth-order valence-electron chi connectivity index (χ4n) is 2.18. The van der Waals surface area contributed by atoms with Gasteiger partial charge in [0.15, 0.2) is 5.75 Å². The summed E-state index contributed by atoms with van der Waals surface area (Å²) >= 11 is 0. The molecule has 0 saturated carbocycles. The SMILES string of the molecule is O=C(O)c1cc2ccccc2c(O)c1N=Nc1ccccc1. The van der Waals surface area contributed by atoms with Gasteiger partial charge in [0.25, 0.3) is 0 Å². The van der Waals surface area contributed by atoms with Crippen molar-refractivity contribution >= 4 is 28.1 Å². The van der Waals surface area contributed by atoms with E-state index in [0.717, 1.165) is 0 Å². The number of aromatic hydroxyl groups is 1. The summed E-state index contributed by atoms with van der Waals surface area (Å²) in [5.41, 5.74) is 0.442. The molecule has 0 heterocycles. The molecular formula is C17H12N2O3. The molecule has 0 aromatic heterocycles. The number of phenolic OH excluding ortho intramolecular Hbond substituents is 1. The molecule has 0 fully saturated rings. The van der Waals surface area contributed by atoms with E-state index in [-0.39, 0.29) is 17.0 Å². The fourth-order valence-corrected chi connectivity index (χ4v) is 2.18. The fraction of sp³-hybridized carbons (Fsp3) is 0. The highest BCUT2D eigenvalue weighted by Crippen LogP contribution is 2.39. The van der Waals surface area contributed by atoms with Gasteiger partial charge < -0.3 is 10.2 Å². The van der Waals surface area contributed by atoms with Crippen molar-refractivity contribution in [2.24, 2.45) is 10.2 Å². The molecule has 0 unspecified atom stereocenters. The molecule has 22 heavy (non-hydrogen) atoms. The summed E-state index contributed by atoms with van der Waals surface area (Å²) in [6.45, 7) is 0. The molecule has 0 aliphatic heterocycles. The van der Waals surface area contributed by atoms with Crippen LogP contribution < -0.4 is 0 Å². The second kappa shape index (κ2) is 5.65. The quantitative estimate of drug-likeness (QED) is 0.689. The number of aromatic carboxylic acids is 1. The predicted octanol–water partition coefficient (Wildman–Crippen LogP) is 4.66. The Balaban J connectivity index is 2.19. The van der Waals surface area contributed by atoms with Gasteiger partial charge in [-0.05, 0) is 23.6 Å². The van der Waals surface area contributed by atoms with Crippen molar-refractivity contribution in [3.8, 4) is 5.75 Å². The lowest BCUT2D eigenvalue weighted by molar-refractivity contribution is 0.0697. The normalized spacial score (nSPS) is 11.1. The molecule has 0 atom stereocenters. The number of phenols is 1. The number of azo groups is 1. The summed E-state index contributed by atoms with van der Waals surface area (Å²) in [4.78, 5) is 11.4. The second-order valence-corrected chi connectivity index (χ2v) is 4.68. The summed E-state index contributed by atoms with van der Waals surface area (Å²) in [6.07, 6.45) is 0. The van der Waals surface area contributed by atoms with Crippen LogP contribution in [0, 0.1) is 0 Å². The minimum Gasteiger partial charge on any atom is -0.505 e. The molecule has 5 nitrogen and oxygen atoms in total. The van der Waals surface area contributed by atoms with E-state index in [1.807, 2.05) is 6.07 Å². The third-order valence-corrected chi connectivity index (χ3v) is 3.25. The molecule has 0 saturated heterocycles. The Morgan fingerprint density at radius 3 is 2.32 bits per heavy atom. The first kappa shape index (κ1) is 13.8. The van der Waals surface area contributed by atoms with Gasteiger partial charge in [0.2, 0.25) is 0 Å². The average Bonchev–Trinajstić information content (AvgIpc) is 2.54. The zero-order valence-electron chi connectivity index (χ0n) is 11.5. The number of rotatable bonds is 3. The third-order valence-electron chi connectivity index (χ3n) is 3.25. The molecule has 3 rings (SSSR count). The van der Waals surface area contributed by atoms with Crippen LogP contribution in [0.1, 0.15) is 10.4 Å². The minimum atomic E-state index is -1.16. The third kappa shape index (κ3) is 2.52. The monoisotopic (exact) mass is 292 g/mol. The number of hydrogen-bond acceptors (Lipinski definition) is 4. The summed E-state index contributed by atoms with van der Waals surface area (Å²) in [6, 6.07) is 17.4. The molecule has 2 N–H and O–H groups in total. The van der Waals surface area contributed by atoms with E-state index >= 15 is 0 Å². The molecular weight excluding hydrogens is 280 g/mol. The number of nitrogens with zero attached hydrogens (tertiary/aromatic N) is 2. The van der Waals surface area contributed by atoms with Gasteiger partial charge in [-0.3, -0.25) is 0 Å². The van der Waals surface area contributed by atoms with Crippen LogP contribution in [-0.4, -0.2) is 16.2 Å². The smallest absolute Gasteiger partial charge is 0.338 e. The maximum Gasteiger partial charge on any atom is 0.338 e. The van der Waals surface area contributed by atoms with E-state index in [0.29, 0.717) is 16.5 Å². The van der Waals surface area contributed by atoms with Crippen LogP contribution in [0.5, 0.6) is 5.75 Å². The number of carbonyl (C=O) groups is 1. The first-order valence-electron chi connectivity index (χ1n) is 6.61. The van der Waals surface area contributed by atoms with Crippen LogP contribution in [0.25, 0.3) is 10.8 Å². The average molecular weight is 292 g/mol. The summed E-state index contributed by atoms with van der Waals surface area (Å²) in [5.74, 6) is -1.35. The number of carboxylic acid groups (broad SMARTS) is 1. The van der Waals surface area contributed by atoms with Gasteiger partial charge >= 0.3 is 5.97 Å². The molecule has 3 aromatic rings. The van der Waals surface area contributed by atoms with Gasteiger partial charge in [-0.2, -0.15) is 5.11 Å². The van der Waals surface area contributed by atoms with Crippen LogP contribution in [-0.2, 0) is 0 Å². The van der Waals surface area contributed by atoms with Crippen molar-refractivity contribution in [1.29, 1.82) is 0 Å². The van der Waals surface area contributed by atoms with Crippen molar-refractivity contribution in [1.82, 2.24) is 0 Å². The van der Waals surface area contributed by atoms with Gasteiger partial charge in [-0.1, -0.05) is 42.5 Å². The standard InChI is InChI=1S/C17H12N2O3/c20-16-13-9-5-4-6-11(13)10-14(17(21)22)15(16)19-18-12-7-2-1-3-8-12/h1-10,20H,(H,21,22). The number of benzene rings is 3. The van der Waals surface area contributed by atoms with E-state index in [4.69, 9.17) is 0 Å². The number of carboxylic acids is 1. The number of hydrogen-bond donors (Lipinski definition) is 2. The van der Waals surface area contributed by atoms with Crippen molar-refractivity contribution in [2.75, 3.05) is 0 Å². The topological polar surface area (TPSA) is 82.2 Å².